The third-order valence-electron chi connectivity index (χ3n) is 6.18. The summed E-state index contributed by atoms with van der Waals surface area (Å²) in [5.41, 5.74) is 5.03. The largest absolute Gasteiger partial charge is 0.370 e. The molecule has 0 aliphatic carbocycles. The normalized spacial score (nSPS) is 15.1. The van der Waals surface area contributed by atoms with Crippen LogP contribution in [0.3, 0.4) is 0 Å². The van der Waals surface area contributed by atoms with Crippen LogP contribution < -0.4 is 11.4 Å². The lowest BCUT2D eigenvalue weighted by Crippen LogP contribution is -2.32. The molecule has 164 valence electrons. The van der Waals surface area contributed by atoms with Crippen molar-refractivity contribution in [1.29, 1.82) is 0 Å². The van der Waals surface area contributed by atoms with Crippen molar-refractivity contribution in [3.8, 4) is 22.6 Å². The number of nitrogens with two attached hydrogens (primary N) is 1. The van der Waals surface area contributed by atoms with Crippen LogP contribution in [-0.4, -0.2) is 20.2 Å². The van der Waals surface area contributed by atoms with Gasteiger partial charge in [-0.2, -0.15) is 0 Å². The molecule has 0 unspecified atom stereocenters. The summed E-state index contributed by atoms with van der Waals surface area (Å²) in [7, 11) is 0. The fourth-order valence-corrected chi connectivity index (χ4v) is 5.64. The zero-order valence-corrected chi connectivity index (χ0v) is 19.1. The fraction of sp³-hybridized carbons (Fsp3) is 0.192. The number of rotatable bonds is 2. The average molecular weight is 455 g/mol. The molecule has 0 amide bonds. The van der Waals surface area contributed by atoms with Crippen molar-refractivity contribution in [3.05, 3.63) is 82.1 Å². The van der Waals surface area contributed by atoms with Crippen molar-refractivity contribution >= 4 is 31.8 Å². The summed E-state index contributed by atoms with van der Waals surface area (Å²) in [6.07, 6.45) is 0.709. The lowest BCUT2D eigenvalue weighted by atomic mass is 9.88. The fourth-order valence-electron chi connectivity index (χ4n) is 4.56. The molecule has 7 heteroatoms. The van der Waals surface area contributed by atoms with E-state index in [1.807, 2.05) is 48.5 Å². The zero-order valence-electron chi connectivity index (χ0n) is 18.3. The molecule has 0 fully saturated rings. The first-order valence-corrected chi connectivity index (χ1v) is 11.7. The number of hydrogen-bond acceptors (Lipinski definition) is 6. The minimum absolute atomic E-state index is 0.261. The van der Waals surface area contributed by atoms with E-state index in [4.69, 9.17) is 20.5 Å². The highest BCUT2D eigenvalue weighted by Crippen LogP contribution is 2.42. The molecule has 0 saturated heterocycles. The van der Waals surface area contributed by atoms with Gasteiger partial charge in [0.1, 0.15) is 9.53 Å². The van der Waals surface area contributed by atoms with Gasteiger partial charge in [0.05, 0.1) is 23.4 Å². The lowest BCUT2D eigenvalue weighted by molar-refractivity contribution is -0.0394. The van der Waals surface area contributed by atoms with E-state index in [0.717, 1.165) is 42.8 Å². The molecule has 0 radical (unpaired) electrons. The van der Waals surface area contributed by atoms with Crippen LogP contribution in [0.25, 0.3) is 43.1 Å². The van der Waals surface area contributed by atoms with Crippen LogP contribution in [0.5, 0.6) is 0 Å². The molecule has 0 saturated carbocycles. The minimum Gasteiger partial charge on any atom is -0.370 e. The second kappa shape index (κ2) is 7.23. The highest BCUT2D eigenvalue weighted by Gasteiger charge is 2.32. The molecule has 5 aromatic rings. The summed E-state index contributed by atoms with van der Waals surface area (Å²) < 4.78 is 7.85. The van der Waals surface area contributed by atoms with E-state index in [-0.39, 0.29) is 11.2 Å². The van der Waals surface area contributed by atoms with E-state index in [9.17, 15) is 4.79 Å². The summed E-state index contributed by atoms with van der Waals surface area (Å²) >= 11 is 1.36. The van der Waals surface area contributed by atoms with Crippen LogP contribution in [-0.2, 0) is 17.8 Å². The maximum Gasteiger partial charge on any atom is 0.290 e. The number of ether oxygens (including phenoxy) is 1. The van der Waals surface area contributed by atoms with Gasteiger partial charge in [0.2, 0.25) is 0 Å². The molecule has 0 bridgehead atoms. The van der Waals surface area contributed by atoms with E-state index in [1.165, 1.54) is 11.3 Å². The molecule has 2 N–H and O–H groups in total. The Kier molecular flexibility index (Phi) is 4.40. The van der Waals surface area contributed by atoms with Gasteiger partial charge in [0, 0.05) is 28.5 Å². The van der Waals surface area contributed by atoms with Gasteiger partial charge in [-0.15, -0.1) is 11.3 Å². The standard InChI is InChI=1S/C26H22N4O2S/c1-26(2)13-17-18(14-32-26)20(15-9-5-3-6-10-15)29-24-19(17)21-22(33-24)25(31)30(27)23(28-21)16-11-7-4-8-12-16/h3-12H,13-14,27H2,1-2H3. The van der Waals surface area contributed by atoms with Crippen LogP contribution >= 0.6 is 11.3 Å². The van der Waals surface area contributed by atoms with Crippen LogP contribution in [0.1, 0.15) is 25.0 Å². The minimum atomic E-state index is -0.325. The van der Waals surface area contributed by atoms with Crippen molar-refractivity contribution in [2.75, 3.05) is 5.84 Å². The van der Waals surface area contributed by atoms with E-state index in [1.54, 1.807) is 0 Å². The van der Waals surface area contributed by atoms with Crippen molar-refractivity contribution in [3.63, 3.8) is 0 Å². The average Bonchev–Trinajstić information content (AvgIpc) is 3.20. The number of nitrogen functional groups attached to an aromatic ring is 1. The third kappa shape index (κ3) is 3.15. The number of fused-ring (bicyclic) bond motifs is 5. The molecule has 3 aromatic heterocycles. The Morgan fingerprint density at radius 2 is 1.64 bits per heavy atom. The molecule has 2 aromatic carbocycles. The quantitative estimate of drug-likeness (QED) is 0.384. The third-order valence-corrected chi connectivity index (χ3v) is 7.24. The van der Waals surface area contributed by atoms with Crippen molar-refractivity contribution in [2.45, 2.75) is 32.5 Å². The second-order valence-corrected chi connectivity index (χ2v) is 9.94. The molecule has 6 nitrogen and oxygen atoms in total. The van der Waals surface area contributed by atoms with Gasteiger partial charge in [-0.25, -0.2) is 14.6 Å². The van der Waals surface area contributed by atoms with Gasteiger partial charge in [-0.1, -0.05) is 60.7 Å². The lowest BCUT2D eigenvalue weighted by Gasteiger charge is -2.33. The van der Waals surface area contributed by atoms with Crippen molar-refractivity contribution in [2.24, 2.45) is 0 Å². The molecular formula is C26H22N4O2S. The Morgan fingerprint density at radius 1 is 0.970 bits per heavy atom. The number of thiophene rings is 1. The summed E-state index contributed by atoms with van der Waals surface area (Å²) in [5.74, 6) is 6.66. The summed E-state index contributed by atoms with van der Waals surface area (Å²) in [6.45, 7) is 4.65. The number of nitrogens with zero attached hydrogens (tertiary/aromatic N) is 3. The summed E-state index contributed by atoms with van der Waals surface area (Å²) in [6, 6.07) is 19.7. The highest BCUT2D eigenvalue weighted by molar-refractivity contribution is 7.25. The van der Waals surface area contributed by atoms with E-state index >= 15 is 0 Å². The molecule has 0 spiro atoms. The van der Waals surface area contributed by atoms with E-state index in [0.29, 0.717) is 29.1 Å². The van der Waals surface area contributed by atoms with E-state index < -0.39 is 0 Å². The van der Waals surface area contributed by atoms with Crippen LogP contribution in [0, 0.1) is 0 Å². The topological polar surface area (TPSA) is 83.0 Å². The maximum atomic E-state index is 13.3. The predicted octanol–water partition coefficient (Wildman–Crippen LogP) is 4.91. The monoisotopic (exact) mass is 454 g/mol. The molecular weight excluding hydrogens is 432 g/mol. The zero-order chi connectivity index (χ0) is 22.7. The molecule has 1 aliphatic rings. The number of aromatic nitrogens is 3. The SMILES string of the molecule is CC1(C)Cc2c(c(-c3ccccc3)nc3sc4c(=O)n(N)c(-c5ccccc5)nc4c23)CO1. The maximum absolute atomic E-state index is 13.3. The van der Waals surface area contributed by atoms with Crippen LogP contribution in [0.15, 0.2) is 65.5 Å². The number of benzene rings is 2. The Hall–Kier alpha value is -3.55. The Morgan fingerprint density at radius 3 is 2.33 bits per heavy atom. The Labute approximate surface area is 194 Å². The number of hydrogen-bond donors (Lipinski definition) is 1. The molecule has 0 atom stereocenters. The van der Waals surface area contributed by atoms with Gasteiger partial charge >= 0.3 is 0 Å². The first-order valence-electron chi connectivity index (χ1n) is 10.8. The molecule has 4 heterocycles. The van der Waals surface area contributed by atoms with Gasteiger partial charge in [0.15, 0.2) is 5.82 Å². The van der Waals surface area contributed by atoms with E-state index in [2.05, 4.69) is 26.0 Å². The van der Waals surface area contributed by atoms with Gasteiger partial charge in [-0.3, -0.25) is 4.79 Å². The predicted molar refractivity (Wildman–Crippen MR) is 133 cm³/mol. The number of pyridine rings is 1. The van der Waals surface area contributed by atoms with Crippen molar-refractivity contribution in [1.82, 2.24) is 14.6 Å². The van der Waals surface area contributed by atoms with Gasteiger partial charge in [-0.05, 0) is 19.4 Å². The second-order valence-electron chi connectivity index (χ2n) is 8.95. The smallest absolute Gasteiger partial charge is 0.290 e. The van der Waals surface area contributed by atoms with Gasteiger partial charge in [0.25, 0.3) is 5.56 Å². The Bertz CT molecular complexity index is 1590. The van der Waals surface area contributed by atoms with Crippen molar-refractivity contribution < 1.29 is 4.74 Å². The first kappa shape index (κ1) is 20.1. The van der Waals surface area contributed by atoms with Crippen LogP contribution in [0.4, 0.5) is 0 Å². The van der Waals surface area contributed by atoms with Gasteiger partial charge < -0.3 is 10.6 Å². The molecule has 1 aliphatic heterocycles. The molecule has 6 rings (SSSR count). The van der Waals surface area contributed by atoms with Crippen LogP contribution in [0.2, 0.25) is 0 Å². The summed E-state index contributed by atoms with van der Waals surface area (Å²) in [5, 5.41) is 0.941. The first-order chi connectivity index (χ1) is 15.9. The highest BCUT2D eigenvalue weighted by atomic mass is 32.1. The summed E-state index contributed by atoms with van der Waals surface area (Å²) in [4.78, 5) is 24.0. The molecule has 33 heavy (non-hydrogen) atoms. The Balaban J connectivity index is 1.73.